The van der Waals surface area contributed by atoms with E-state index in [0.717, 1.165) is 38.5 Å². The topological polar surface area (TPSA) is 91.3 Å². The van der Waals surface area contributed by atoms with Crippen LogP contribution in [-0.4, -0.2) is 40.1 Å². The molecule has 2 amide bonds. The van der Waals surface area contributed by atoms with Crippen molar-refractivity contribution < 1.29 is 14.7 Å². The van der Waals surface area contributed by atoms with Gasteiger partial charge in [0.1, 0.15) is 0 Å². The molecule has 4 rings (SSSR count). The van der Waals surface area contributed by atoms with Crippen LogP contribution < -0.4 is 10.6 Å². The lowest BCUT2D eigenvalue weighted by Gasteiger charge is -2.56. The Morgan fingerprint density at radius 1 is 1.13 bits per heavy atom. The third kappa shape index (κ3) is 4.11. The molecular weight excluding hydrogens is 378 g/mol. The Balaban J connectivity index is 1.46. The maximum Gasteiger partial charge on any atom is 0.251 e. The molecule has 0 aliphatic heterocycles. The molecule has 3 aliphatic rings. The fourth-order valence-corrected chi connectivity index (χ4v) is 6.01. The normalized spacial score (nSPS) is 37.0. The van der Waals surface area contributed by atoms with Crippen molar-refractivity contribution in [2.24, 2.45) is 29.1 Å². The Bertz CT molecular complexity index is 781. The summed E-state index contributed by atoms with van der Waals surface area (Å²) in [6.45, 7) is 6.40. The van der Waals surface area contributed by atoms with Crippen LogP contribution in [-0.2, 0) is 4.79 Å². The van der Waals surface area contributed by atoms with Gasteiger partial charge in [0, 0.05) is 36.0 Å². The minimum Gasteiger partial charge on any atom is -0.392 e. The van der Waals surface area contributed by atoms with Gasteiger partial charge in [-0.05, 0) is 73.8 Å². The minimum absolute atomic E-state index is 0.0211. The predicted molar refractivity (Wildman–Crippen MR) is 115 cm³/mol. The number of pyridine rings is 1. The van der Waals surface area contributed by atoms with E-state index >= 15 is 0 Å². The number of carbonyl (C=O) groups excluding carboxylic acids is 2. The highest BCUT2D eigenvalue weighted by Gasteiger charge is 2.54. The Labute approximate surface area is 179 Å². The fraction of sp³-hybridized carbons (Fsp3) is 0.708. The molecule has 7 atom stereocenters. The maximum absolute atomic E-state index is 12.7. The average molecular weight is 414 g/mol. The molecule has 0 aromatic carbocycles. The smallest absolute Gasteiger partial charge is 0.251 e. The van der Waals surface area contributed by atoms with Crippen LogP contribution in [0.5, 0.6) is 0 Å². The first-order valence-electron chi connectivity index (χ1n) is 11.5. The van der Waals surface area contributed by atoms with E-state index in [-0.39, 0.29) is 46.9 Å². The van der Waals surface area contributed by atoms with Gasteiger partial charge >= 0.3 is 0 Å². The summed E-state index contributed by atoms with van der Waals surface area (Å²) in [6.07, 6.45) is 8.67. The van der Waals surface area contributed by atoms with E-state index in [9.17, 15) is 14.7 Å². The lowest BCUT2D eigenvalue weighted by atomic mass is 9.51. The lowest BCUT2D eigenvalue weighted by molar-refractivity contribution is -0.142. The number of aliphatic hydroxyl groups is 1. The first-order chi connectivity index (χ1) is 14.3. The number of nitrogens with zero attached hydrogens (tertiary/aromatic N) is 1. The molecule has 3 aliphatic carbocycles. The van der Waals surface area contributed by atoms with Gasteiger partial charge in [0.15, 0.2) is 0 Å². The van der Waals surface area contributed by atoms with Crippen LogP contribution in [0.1, 0.15) is 69.7 Å². The van der Waals surface area contributed by atoms with Crippen LogP contribution in [0.3, 0.4) is 0 Å². The minimum atomic E-state index is -0.528. The zero-order valence-electron chi connectivity index (χ0n) is 18.3. The van der Waals surface area contributed by atoms with E-state index in [0.29, 0.717) is 11.6 Å². The van der Waals surface area contributed by atoms with Gasteiger partial charge in [-0.3, -0.25) is 14.6 Å². The Hall–Kier alpha value is -1.95. The van der Waals surface area contributed by atoms with Crippen LogP contribution in [0.2, 0.25) is 0 Å². The predicted octanol–water partition coefficient (Wildman–Crippen LogP) is 2.92. The van der Waals surface area contributed by atoms with Gasteiger partial charge in [0.2, 0.25) is 5.91 Å². The molecule has 1 aromatic heterocycles. The van der Waals surface area contributed by atoms with Gasteiger partial charge in [-0.1, -0.05) is 20.8 Å². The van der Waals surface area contributed by atoms with Gasteiger partial charge in [-0.25, -0.2) is 0 Å². The van der Waals surface area contributed by atoms with Gasteiger partial charge in [0.05, 0.1) is 6.10 Å². The fourth-order valence-electron chi connectivity index (χ4n) is 6.01. The standard InChI is InChI=1S/C24H35N3O3/c1-14(22(29)26-17-4-5-17)18-6-10-24(3)11-7-19(15(2)20(24)21(18)28)27-23(30)16-8-12-25-13-9-16/h8-9,12-15,17-21,28H,4-7,10-11H2,1-3H3,(H,26,29)(H,27,30)/t14-,15-,18-,19-,20+,21-,24+/m0/s1. The summed E-state index contributed by atoms with van der Waals surface area (Å²) in [6, 6.07) is 3.80. The van der Waals surface area contributed by atoms with Gasteiger partial charge < -0.3 is 15.7 Å². The SMILES string of the molecule is C[C@@H]1[C@@H]2[C@@H](O)[C@H]([C@H](C)C(=O)NC3CC3)CC[C@]2(C)CC[C@@H]1NC(=O)c1ccncc1. The van der Waals surface area contributed by atoms with Crippen LogP contribution >= 0.6 is 0 Å². The molecule has 0 radical (unpaired) electrons. The molecular formula is C24H35N3O3. The first kappa shape index (κ1) is 21.3. The number of rotatable bonds is 5. The van der Waals surface area contributed by atoms with Crippen molar-refractivity contribution in [3.63, 3.8) is 0 Å². The second kappa shape index (κ2) is 8.29. The third-order valence-corrected chi connectivity index (χ3v) is 8.13. The summed E-state index contributed by atoms with van der Waals surface area (Å²) in [5, 5.41) is 17.7. The molecule has 3 saturated carbocycles. The van der Waals surface area contributed by atoms with E-state index in [4.69, 9.17) is 0 Å². The summed E-state index contributed by atoms with van der Waals surface area (Å²) in [7, 11) is 0. The molecule has 0 saturated heterocycles. The van der Waals surface area contributed by atoms with Crippen molar-refractivity contribution >= 4 is 11.8 Å². The number of hydrogen-bond acceptors (Lipinski definition) is 4. The van der Waals surface area contributed by atoms with E-state index in [1.165, 1.54) is 0 Å². The molecule has 1 heterocycles. The molecule has 164 valence electrons. The summed E-state index contributed by atoms with van der Waals surface area (Å²) in [5.74, 6) is -0.00829. The average Bonchev–Trinajstić information content (AvgIpc) is 3.54. The first-order valence-corrected chi connectivity index (χ1v) is 11.5. The number of fused-ring (bicyclic) bond motifs is 1. The highest BCUT2D eigenvalue weighted by atomic mass is 16.3. The Kier molecular flexibility index (Phi) is 5.88. The quantitative estimate of drug-likeness (QED) is 0.692. The van der Waals surface area contributed by atoms with Crippen molar-refractivity contribution in [2.75, 3.05) is 0 Å². The second-order valence-corrected chi connectivity index (χ2v) is 10.2. The van der Waals surface area contributed by atoms with Crippen molar-refractivity contribution in [3.8, 4) is 0 Å². The maximum atomic E-state index is 12.7. The van der Waals surface area contributed by atoms with Crippen molar-refractivity contribution in [1.82, 2.24) is 15.6 Å². The van der Waals surface area contributed by atoms with Crippen LogP contribution in [0.4, 0.5) is 0 Å². The summed E-state index contributed by atoms with van der Waals surface area (Å²) in [4.78, 5) is 29.3. The highest BCUT2D eigenvalue weighted by Crippen LogP contribution is 2.55. The molecule has 0 spiro atoms. The molecule has 3 N–H and O–H groups in total. The molecule has 30 heavy (non-hydrogen) atoms. The van der Waals surface area contributed by atoms with Crippen LogP contribution in [0, 0.1) is 29.1 Å². The number of aliphatic hydroxyl groups excluding tert-OH is 1. The van der Waals surface area contributed by atoms with Gasteiger partial charge in [-0.15, -0.1) is 0 Å². The van der Waals surface area contributed by atoms with Gasteiger partial charge in [-0.2, -0.15) is 0 Å². The summed E-state index contributed by atoms with van der Waals surface area (Å²) < 4.78 is 0. The number of hydrogen-bond donors (Lipinski definition) is 3. The summed E-state index contributed by atoms with van der Waals surface area (Å²) >= 11 is 0. The zero-order valence-corrected chi connectivity index (χ0v) is 18.3. The van der Waals surface area contributed by atoms with E-state index in [1.807, 2.05) is 6.92 Å². The zero-order chi connectivity index (χ0) is 21.5. The van der Waals surface area contributed by atoms with Crippen molar-refractivity contribution in [2.45, 2.75) is 77.5 Å². The molecule has 6 heteroatoms. The Morgan fingerprint density at radius 2 is 1.80 bits per heavy atom. The van der Waals surface area contributed by atoms with E-state index < -0.39 is 6.10 Å². The number of nitrogens with one attached hydrogen (secondary N) is 2. The van der Waals surface area contributed by atoms with E-state index in [2.05, 4.69) is 29.5 Å². The van der Waals surface area contributed by atoms with Crippen LogP contribution in [0.15, 0.2) is 24.5 Å². The summed E-state index contributed by atoms with van der Waals surface area (Å²) in [5.41, 5.74) is 0.665. The third-order valence-electron chi connectivity index (χ3n) is 8.13. The molecule has 3 fully saturated rings. The van der Waals surface area contributed by atoms with Gasteiger partial charge in [0.25, 0.3) is 5.91 Å². The second-order valence-electron chi connectivity index (χ2n) is 10.2. The lowest BCUT2D eigenvalue weighted by Crippen LogP contribution is -2.58. The largest absolute Gasteiger partial charge is 0.392 e. The monoisotopic (exact) mass is 413 g/mol. The number of amides is 2. The van der Waals surface area contributed by atoms with Crippen molar-refractivity contribution in [3.05, 3.63) is 30.1 Å². The molecule has 1 aromatic rings. The van der Waals surface area contributed by atoms with Crippen LogP contribution in [0.25, 0.3) is 0 Å². The van der Waals surface area contributed by atoms with Crippen molar-refractivity contribution in [1.29, 1.82) is 0 Å². The number of aromatic nitrogens is 1. The highest BCUT2D eigenvalue weighted by molar-refractivity contribution is 5.94. The molecule has 0 bridgehead atoms. The molecule has 0 unspecified atom stereocenters. The molecule has 6 nitrogen and oxygen atoms in total. The van der Waals surface area contributed by atoms with E-state index in [1.54, 1.807) is 24.5 Å². The number of carbonyl (C=O) groups is 2. The Morgan fingerprint density at radius 3 is 2.47 bits per heavy atom.